The first-order chi connectivity index (χ1) is 6.31. The minimum absolute atomic E-state index is 0. The molecule has 2 aliphatic rings. The summed E-state index contributed by atoms with van der Waals surface area (Å²) in [4.78, 5) is 0. The number of allylic oxidation sites excluding steroid dienone is 2. The Balaban J connectivity index is 0.000000980. The lowest BCUT2D eigenvalue weighted by Gasteiger charge is -2.39. The van der Waals surface area contributed by atoms with Gasteiger partial charge >= 0.3 is 0 Å². The van der Waals surface area contributed by atoms with E-state index < -0.39 is 0 Å². The average molecular weight is 251 g/mol. The molecule has 88 valence electrons. The lowest BCUT2D eigenvalue weighted by atomic mass is 9.78. The highest BCUT2D eigenvalue weighted by molar-refractivity contribution is 5.85. The van der Waals surface area contributed by atoms with Crippen LogP contribution in [-0.2, 0) is 0 Å². The van der Waals surface area contributed by atoms with Crippen LogP contribution in [0.1, 0.15) is 19.8 Å². The minimum Gasteiger partial charge on any atom is -0.382 e. The van der Waals surface area contributed by atoms with Crippen molar-refractivity contribution >= 4 is 24.8 Å². The van der Waals surface area contributed by atoms with Gasteiger partial charge in [0.25, 0.3) is 0 Å². The number of nitrogens with one attached hydrogen (secondary N) is 2. The normalized spacial score (nSPS) is 29.9. The van der Waals surface area contributed by atoms with Crippen molar-refractivity contribution in [1.29, 1.82) is 0 Å². The Morgan fingerprint density at radius 1 is 1.13 bits per heavy atom. The molecule has 0 radical (unpaired) electrons. The van der Waals surface area contributed by atoms with E-state index in [1.54, 1.807) is 0 Å². The molecule has 2 nitrogen and oxygen atoms in total. The lowest BCUT2D eigenvalue weighted by molar-refractivity contribution is 0.247. The molecule has 0 aromatic rings. The largest absolute Gasteiger partial charge is 0.382 e. The van der Waals surface area contributed by atoms with Crippen molar-refractivity contribution in [3.05, 3.63) is 24.4 Å². The van der Waals surface area contributed by atoms with Crippen LogP contribution < -0.4 is 10.6 Å². The molecule has 15 heavy (non-hydrogen) atoms. The number of halogens is 2. The van der Waals surface area contributed by atoms with E-state index in [-0.39, 0.29) is 30.4 Å². The van der Waals surface area contributed by atoms with Crippen molar-refractivity contribution in [2.24, 2.45) is 5.92 Å². The third-order valence-electron chi connectivity index (χ3n) is 3.23. The second kappa shape index (κ2) is 6.41. The van der Waals surface area contributed by atoms with Gasteiger partial charge in [-0.25, -0.2) is 0 Å². The van der Waals surface area contributed by atoms with E-state index in [0.717, 1.165) is 5.92 Å². The van der Waals surface area contributed by atoms with Crippen LogP contribution in [0.15, 0.2) is 24.4 Å². The molecule has 1 saturated heterocycles. The van der Waals surface area contributed by atoms with Crippen LogP contribution in [0.25, 0.3) is 0 Å². The van der Waals surface area contributed by atoms with Crippen LogP contribution in [0, 0.1) is 5.92 Å². The molecule has 1 fully saturated rings. The number of piperidine rings is 1. The van der Waals surface area contributed by atoms with Crippen molar-refractivity contribution < 1.29 is 0 Å². The number of hydrogen-bond donors (Lipinski definition) is 2. The Kier molecular flexibility index (Phi) is 6.34. The standard InChI is InChI=1S/C11H18N2.2ClH/c1-11(6-2-3-7-13-11)10-4-8-12-9-5-10;;/h2-3,6-7,10,12-13H,4-5,8-9H2,1H3;2*1H. The molecule has 0 aromatic heterocycles. The van der Waals surface area contributed by atoms with Crippen LogP contribution in [0.3, 0.4) is 0 Å². The summed E-state index contributed by atoms with van der Waals surface area (Å²) in [6, 6.07) is 0. The van der Waals surface area contributed by atoms with Crippen molar-refractivity contribution in [2.45, 2.75) is 25.3 Å². The maximum Gasteiger partial charge on any atom is 0.0554 e. The topological polar surface area (TPSA) is 24.1 Å². The Bertz CT molecular complexity index is 235. The van der Waals surface area contributed by atoms with Gasteiger partial charge in [0.05, 0.1) is 5.54 Å². The summed E-state index contributed by atoms with van der Waals surface area (Å²) in [6.07, 6.45) is 11.1. The van der Waals surface area contributed by atoms with E-state index in [2.05, 4.69) is 42.0 Å². The fraction of sp³-hybridized carbons (Fsp3) is 0.636. The number of hydrogen-bond acceptors (Lipinski definition) is 2. The van der Waals surface area contributed by atoms with Crippen LogP contribution in [-0.4, -0.2) is 18.6 Å². The van der Waals surface area contributed by atoms with Crippen LogP contribution in [0.4, 0.5) is 0 Å². The maximum absolute atomic E-state index is 3.47. The number of rotatable bonds is 1. The zero-order valence-electron chi connectivity index (χ0n) is 9.03. The zero-order valence-corrected chi connectivity index (χ0v) is 10.7. The predicted octanol–water partition coefficient (Wildman–Crippen LogP) is 2.26. The predicted molar refractivity (Wildman–Crippen MR) is 69.9 cm³/mol. The van der Waals surface area contributed by atoms with Crippen molar-refractivity contribution in [1.82, 2.24) is 10.6 Å². The second-order valence-corrected chi connectivity index (χ2v) is 4.17. The fourth-order valence-corrected chi connectivity index (χ4v) is 2.26. The molecule has 0 amide bonds. The summed E-state index contributed by atoms with van der Waals surface area (Å²) >= 11 is 0. The molecule has 2 rings (SSSR count). The first kappa shape index (κ1) is 14.8. The van der Waals surface area contributed by atoms with Gasteiger partial charge in [0.1, 0.15) is 0 Å². The first-order valence-electron chi connectivity index (χ1n) is 5.14. The van der Waals surface area contributed by atoms with Crippen molar-refractivity contribution in [2.75, 3.05) is 13.1 Å². The SMILES string of the molecule is CC1(C2CCNCC2)C=CC=CN1.Cl.Cl. The molecule has 0 saturated carbocycles. The van der Waals surface area contributed by atoms with Crippen LogP contribution in [0.5, 0.6) is 0 Å². The van der Waals surface area contributed by atoms with E-state index in [9.17, 15) is 0 Å². The van der Waals surface area contributed by atoms with Gasteiger partial charge in [0.15, 0.2) is 0 Å². The molecule has 0 spiro atoms. The summed E-state index contributed by atoms with van der Waals surface area (Å²) < 4.78 is 0. The summed E-state index contributed by atoms with van der Waals surface area (Å²) in [6.45, 7) is 4.63. The van der Waals surface area contributed by atoms with Gasteiger partial charge in [0.2, 0.25) is 0 Å². The van der Waals surface area contributed by atoms with Gasteiger partial charge in [-0.2, -0.15) is 0 Å². The second-order valence-electron chi connectivity index (χ2n) is 4.17. The molecule has 1 unspecified atom stereocenters. The lowest BCUT2D eigenvalue weighted by Crippen LogP contribution is -2.49. The van der Waals surface area contributed by atoms with Gasteiger partial charge in [0, 0.05) is 0 Å². The summed E-state index contributed by atoms with van der Waals surface area (Å²) in [7, 11) is 0. The summed E-state index contributed by atoms with van der Waals surface area (Å²) in [5.41, 5.74) is 0.191. The summed E-state index contributed by atoms with van der Waals surface area (Å²) in [5, 5.41) is 6.87. The van der Waals surface area contributed by atoms with Gasteiger partial charge in [-0.3, -0.25) is 0 Å². The summed E-state index contributed by atoms with van der Waals surface area (Å²) in [5.74, 6) is 0.773. The fourth-order valence-electron chi connectivity index (χ4n) is 2.26. The molecule has 2 N–H and O–H groups in total. The van der Waals surface area contributed by atoms with Gasteiger partial charge in [-0.05, 0) is 51.0 Å². The molecular formula is C11H20Cl2N2. The molecule has 2 aliphatic heterocycles. The average Bonchev–Trinajstić information content (AvgIpc) is 2.20. The molecule has 1 atom stereocenters. The van der Waals surface area contributed by atoms with Gasteiger partial charge in [-0.1, -0.05) is 12.2 Å². The van der Waals surface area contributed by atoms with Crippen molar-refractivity contribution in [3.63, 3.8) is 0 Å². The number of dihydropyridines is 1. The van der Waals surface area contributed by atoms with Crippen molar-refractivity contribution in [3.8, 4) is 0 Å². The molecule has 0 aromatic carbocycles. The van der Waals surface area contributed by atoms with Gasteiger partial charge < -0.3 is 10.6 Å². The minimum atomic E-state index is 0. The maximum atomic E-state index is 3.47. The Labute approximate surface area is 104 Å². The van der Waals surface area contributed by atoms with Gasteiger partial charge in [-0.15, -0.1) is 24.8 Å². The Morgan fingerprint density at radius 2 is 1.80 bits per heavy atom. The Hall–Kier alpha value is -0.180. The highest BCUT2D eigenvalue weighted by Gasteiger charge is 2.32. The van der Waals surface area contributed by atoms with E-state index in [1.165, 1.54) is 25.9 Å². The Morgan fingerprint density at radius 3 is 2.33 bits per heavy atom. The van der Waals surface area contributed by atoms with E-state index >= 15 is 0 Å². The first-order valence-corrected chi connectivity index (χ1v) is 5.14. The molecule has 0 bridgehead atoms. The van der Waals surface area contributed by atoms with E-state index in [1.807, 2.05) is 0 Å². The van der Waals surface area contributed by atoms with E-state index in [4.69, 9.17) is 0 Å². The molecule has 2 heterocycles. The molecule has 0 aliphatic carbocycles. The van der Waals surface area contributed by atoms with Crippen LogP contribution >= 0.6 is 24.8 Å². The molecule has 4 heteroatoms. The monoisotopic (exact) mass is 250 g/mol. The van der Waals surface area contributed by atoms with E-state index in [0.29, 0.717) is 0 Å². The highest BCUT2D eigenvalue weighted by Crippen LogP contribution is 2.28. The highest BCUT2D eigenvalue weighted by atomic mass is 35.5. The third kappa shape index (κ3) is 3.40. The smallest absolute Gasteiger partial charge is 0.0554 e. The third-order valence-corrected chi connectivity index (χ3v) is 3.23. The van der Waals surface area contributed by atoms with Crippen LogP contribution in [0.2, 0.25) is 0 Å². The quantitative estimate of drug-likeness (QED) is 0.747. The zero-order chi connectivity index (χ0) is 9.15. The molecular weight excluding hydrogens is 231 g/mol.